The highest BCUT2D eigenvalue weighted by Gasteiger charge is 2.15. The number of carbonyl (C=O) groups is 1. The number of fused-ring (bicyclic) bond motifs is 1. The number of nitrogens with zero attached hydrogens (tertiary/aromatic N) is 1. The summed E-state index contributed by atoms with van der Waals surface area (Å²) in [6.07, 6.45) is 0. The van der Waals surface area contributed by atoms with Crippen molar-refractivity contribution in [2.75, 3.05) is 30.0 Å². The number of hydrogen-bond donors (Lipinski definition) is 1. The van der Waals surface area contributed by atoms with E-state index in [1.807, 2.05) is 24.3 Å². The summed E-state index contributed by atoms with van der Waals surface area (Å²) in [6.45, 7) is 8.46. The second-order valence-electron chi connectivity index (χ2n) is 6.24. The predicted octanol–water partition coefficient (Wildman–Crippen LogP) is 3.94. The van der Waals surface area contributed by atoms with Crippen LogP contribution in [0.15, 0.2) is 42.5 Å². The summed E-state index contributed by atoms with van der Waals surface area (Å²) in [5, 5.41) is 2.92. The van der Waals surface area contributed by atoms with E-state index >= 15 is 0 Å². The lowest BCUT2D eigenvalue weighted by Crippen LogP contribution is -2.30. The van der Waals surface area contributed by atoms with E-state index in [9.17, 15) is 4.79 Å². The largest absolute Gasteiger partial charge is 0.486 e. The van der Waals surface area contributed by atoms with Gasteiger partial charge in [-0.1, -0.05) is 0 Å². The molecule has 1 N–H and O–H groups in total. The third-order valence-electron chi connectivity index (χ3n) is 4.23. The Balaban J connectivity index is 1.70. The number of carbonyl (C=O) groups excluding carboxylic acids is 1. The first-order chi connectivity index (χ1) is 12.1. The smallest absolute Gasteiger partial charge is 0.255 e. The average molecular weight is 340 g/mol. The number of amides is 1. The molecule has 1 heterocycles. The van der Waals surface area contributed by atoms with Gasteiger partial charge in [-0.3, -0.25) is 4.79 Å². The van der Waals surface area contributed by atoms with Gasteiger partial charge in [0.05, 0.1) is 0 Å². The Bertz CT molecular complexity index is 741. The van der Waals surface area contributed by atoms with Gasteiger partial charge in [-0.05, 0) is 63.2 Å². The molecule has 5 nitrogen and oxygen atoms in total. The molecule has 0 spiro atoms. The maximum Gasteiger partial charge on any atom is 0.255 e. The molecule has 1 aliphatic heterocycles. The minimum atomic E-state index is -0.166. The number of anilines is 2. The molecule has 132 valence electrons. The van der Waals surface area contributed by atoms with Gasteiger partial charge in [0, 0.05) is 29.5 Å². The molecule has 3 rings (SSSR count). The first-order valence-corrected chi connectivity index (χ1v) is 8.66. The molecular formula is C20H24N2O3. The van der Waals surface area contributed by atoms with Crippen LogP contribution in [0.2, 0.25) is 0 Å². The second-order valence-corrected chi connectivity index (χ2v) is 6.24. The van der Waals surface area contributed by atoms with E-state index in [0.29, 0.717) is 36.3 Å². The zero-order valence-corrected chi connectivity index (χ0v) is 14.9. The van der Waals surface area contributed by atoms with Gasteiger partial charge in [0.2, 0.25) is 0 Å². The summed E-state index contributed by atoms with van der Waals surface area (Å²) >= 11 is 0. The normalized spacial score (nSPS) is 12.8. The third-order valence-corrected chi connectivity index (χ3v) is 4.23. The highest BCUT2D eigenvalue weighted by molar-refractivity contribution is 6.04. The fraction of sp³-hybridized carbons (Fsp3) is 0.350. The molecule has 1 aliphatic rings. The second kappa shape index (κ2) is 7.47. The van der Waals surface area contributed by atoms with Gasteiger partial charge in [-0.2, -0.15) is 0 Å². The van der Waals surface area contributed by atoms with Crippen molar-refractivity contribution < 1.29 is 14.3 Å². The number of hydrogen-bond acceptors (Lipinski definition) is 4. The van der Waals surface area contributed by atoms with Crippen LogP contribution in [0.1, 0.15) is 31.1 Å². The molecule has 0 aliphatic carbocycles. The zero-order valence-electron chi connectivity index (χ0n) is 14.9. The summed E-state index contributed by atoms with van der Waals surface area (Å²) in [5.74, 6) is 1.13. The molecule has 2 aromatic carbocycles. The Kier molecular flexibility index (Phi) is 5.12. The molecule has 0 radical (unpaired) electrons. The number of ether oxygens (including phenoxy) is 2. The van der Waals surface area contributed by atoms with Crippen LogP contribution in [0.25, 0.3) is 0 Å². The van der Waals surface area contributed by atoms with Crippen LogP contribution in [-0.2, 0) is 0 Å². The molecule has 5 heteroatoms. The van der Waals surface area contributed by atoms with Crippen LogP contribution >= 0.6 is 0 Å². The summed E-state index contributed by atoms with van der Waals surface area (Å²) in [5.41, 5.74) is 2.46. The van der Waals surface area contributed by atoms with Crippen molar-refractivity contribution in [2.45, 2.75) is 26.8 Å². The summed E-state index contributed by atoms with van der Waals surface area (Å²) in [6, 6.07) is 13.6. The fourth-order valence-corrected chi connectivity index (χ4v) is 2.97. The topological polar surface area (TPSA) is 50.8 Å². The lowest BCUT2D eigenvalue weighted by Gasteiger charge is -2.27. The van der Waals surface area contributed by atoms with Crippen LogP contribution in [0.3, 0.4) is 0 Å². The Morgan fingerprint density at radius 3 is 2.40 bits per heavy atom. The Morgan fingerprint density at radius 2 is 1.76 bits per heavy atom. The van der Waals surface area contributed by atoms with E-state index in [1.54, 1.807) is 18.2 Å². The zero-order chi connectivity index (χ0) is 17.8. The Hall–Kier alpha value is -2.69. The van der Waals surface area contributed by atoms with Crippen molar-refractivity contribution in [2.24, 2.45) is 0 Å². The lowest BCUT2D eigenvalue weighted by molar-refractivity contribution is 0.102. The molecule has 1 amide bonds. The average Bonchev–Trinajstić information content (AvgIpc) is 2.63. The molecule has 0 aromatic heterocycles. The molecule has 0 saturated carbocycles. The maximum absolute atomic E-state index is 12.5. The van der Waals surface area contributed by atoms with E-state index in [4.69, 9.17) is 9.47 Å². The predicted molar refractivity (Wildman–Crippen MR) is 100.0 cm³/mol. The van der Waals surface area contributed by atoms with Crippen molar-refractivity contribution in [1.82, 2.24) is 0 Å². The van der Waals surface area contributed by atoms with Crippen LogP contribution in [-0.4, -0.2) is 31.7 Å². The quantitative estimate of drug-likeness (QED) is 0.895. The van der Waals surface area contributed by atoms with Gasteiger partial charge < -0.3 is 19.7 Å². The minimum Gasteiger partial charge on any atom is -0.486 e. The minimum absolute atomic E-state index is 0.166. The highest BCUT2D eigenvalue weighted by atomic mass is 16.6. The standard InChI is InChI=1S/C20H24N2O3/c1-4-22(14(2)3)17-8-6-16(7-9-17)21-20(23)15-5-10-18-19(13-15)25-12-11-24-18/h5-10,13-14H,4,11-12H2,1-3H3,(H,21,23). The maximum atomic E-state index is 12.5. The van der Waals surface area contributed by atoms with Crippen LogP contribution in [0, 0.1) is 0 Å². The number of nitrogens with one attached hydrogen (secondary N) is 1. The van der Waals surface area contributed by atoms with E-state index in [1.165, 1.54) is 0 Å². The number of benzene rings is 2. The Labute approximate surface area is 148 Å². The summed E-state index contributed by atoms with van der Waals surface area (Å²) < 4.78 is 11.0. The molecule has 0 fully saturated rings. The van der Waals surface area contributed by atoms with Crippen LogP contribution in [0.5, 0.6) is 11.5 Å². The van der Waals surface area contributed by atoms with Gasteiger partial charge in [-0.25, -0.2) is 0 Å². The molecular weight excluding hydrogens is 316 g/mol. The van der Waals surface area contributed by atoms with E-state index in [0.717, 1.165) is 17.9 Å². The van der Waals surface area contributed by atoms with Crippen molar-refractivity contribution >= 4 is 17.3 Å². The van der Waals surface area contributed by atoms with Gasteiger partial charge in [0.15, 0.2) is 11.5 Å². The van der Waals surface area contributed by atoms with Gasteiger partial charge in [0.25, 0.3) is 5.91 Å². The third kappa shape index (κ3) is 3.87. The first-order valence-electron chi connectivity index (χ1n) is 8.66. The van der Waals surface area contributed by atoms with Crippen molar-refractivity contribution in [3.05, 3.63) is 48.0 Å². The summed E-state index contributed by atoms with van der Waals surface area (Å²) in [4.78, 5) is 14.8. The van der Waals surface area contributed by atoms with Gasteiger partial charge in [-0.15, -0.1) is 0 Å². The SMILES string of the molecule is CCN(c1ccc(NC(=O)c2ccc3c(c2)OCCO3)cc1)C(C)C. The van der Waals surface area contributed by atoms with Gasteiger partial charge in [0.1, 0.15) is 13.2 Å². The first kappa shape index (κ1) is 17.1. The molecule has 0 bridgehead atoms. The van der Waals surface area contributed by atoms with Crippen molar-refractivity contribution in [3.8, 4) is 11.5 Å². The summed E-state index contributed by atoms with van der Waals surface area (Å²) in [7, 11) is 0. The highest BCUT2D eigenvalue weighted by Crippen LogP contribution is 2.31. The van der Waals surface area contributed by atoms with E-state index in [2.05, 4.69) is 31.0 Å². The van der Waals surface area contributed by atoms with Crippen molar-refractivity contribution in [1.29, 1.82) is 0 Å². The fourth-order valence-electron chi connectivity index (χ4n) is 2.97. The molecule has 0 atom stereocenters. The molecule has 2 aromatic rings. The van der Waals surface area contributed by atoms with E-state index < -0.39 is 0 Å². The van der Waals surface area contributed by atoms with Crippen LogP contribution < -0.4 is 19.7 Å². The lowest BCUT2D eigenvalue weighted by atomic mass is 10.1. The van der Waals surface area contributed by atoms with E-state index in [-0.39, 0.29) is 5.91 Å². The molecule has 0 saturated heterocycles. The monoisotopic (exact) mass is 340 g/mol. The van der Waals surface area contributed by atoms with Gasteiger partial charge >= 0.3 is 0 Å². The number of rotatable bonds is 5. The molecule has 0 unspecified atom stereocenters. The van der Waals surface area contributed by atoms with Crippen LogP contribution in [0.4, 0.5) is 11.4 Å². The molecule has 25 heavy (non-hydrogen) atoms. The Morgan fingerprint density at radius 1 is 1.08 bits per heavy atom. The van der Waals surface area contributed by atoms with Crippen molar-refractivity contribution in [3.63, 3.8) is 0 Å².